The number of hydrogen-bond donors (Lipinski definition) is 2. The van der Waals surface area contributed by atoms with Crippen LogP contribution < -0.4 is 10.2 Å². The minimum atomic E-state index is -2.77. The number of anilines is 3. The minimum absolute atomic E-state index is 0.109. The molecule has 1 aromatic carbocycles. The van der Waals surface area contributed by atoms with Gasteiger partial charge in [-0.1, -0.05) is 18.5 Å². The first-order valence-corrected chi connectivity index (χ1v) is 13.0. The van der Waals surface area contributed by atoms with Gasteiger partial charge in [-0.15, -0.1) is 0 Å². The summed E-state index contributed by atoms with van der Waals surface area (Å²) in [5.74, 6) is -2.45. The van der Waals surface area contributed by atoms with Crippen LogP contribution in [-0.4, -0.2) is 86.7 Å². The number of aryl methyl sites for hydroxylation is 1. The number of piperazine rings is 1. The number of fused-ring (bicyclic) bond motifs is 1. The smallest absolute Gasteiger partial charge is 0.272 e. The normalized spacial score (nSPS) is 27.7. The Balaban J connectivity index is 1.22. The quantitative estimate of drug-likeness (QED) is 0.496. The van der Waals surface area contributed by atoms with E-state index in [1.807, 2.05) is 0 Å². The van der Waals surface area contributed by atoms with Gasteiger partial charge in [-0.25, -0.2) is 23.4 Å². The molecule has 1 aliphatic carbocycles. The average Bonchev–Trinajstić information content (AvgIpc) is 3.17. The maximum Gasteiger partial charge on any atom is 0.272 e. The number of halogens is 3. The molecule has 1 saturated carbocycles. The van der Waals surface area contributed by atoms with E-state index in [0.717, 1.165) is 53.9 Å². The number of aliphatic hydroxyl groups excluding tert-OH is 1. The van der Waals surface area contributed by atoms with Crippen LogP contribution in [0.1, 0.15) is 31.9 Å². The molecular formula is C25H30ClF2N7O2. The van der Waals surface area contributed by atoms with E-state index >= 15 is 0 Å². The number of hydrogen-bond acceptors (Lipinski definition) is 8. The van der Waals surface area contributed by atoms with Crippen molar-refractivity contribution in [3.05, 3.63) is 35.2 Å². The predicted molar refractivity (Wildman–Crippen MR) is 137 cm³/mol. The molecule has 198 valence electrons. The molecule has 2 aromatic heterocycles. The topological polar surface area (TPSA) is 91.6 Å². The van der Waals surface area contributed by atoms with Gasteiger partial charge in [0.15, 0.2) is 5.15 Å². The van der Waals surface area contributed by atoms with Crippen LogP contribution in [0.4, 0.5) is 26.1 Å². The zero-order chi connectivity index (χ0) is 25.9. The average molecular weight is 534 g/mol. The maximum atomic E-state index is 13.5. The summed E-state index contributed by atoms with van der Waals surface area (Å²) in [6.45, 7) is 8.46. The highest BCUT2D eigenvalue weighted by molar-refractivity contribution is 6.32. The van der Waals surface area contributed by atoms with E-state index in [1.165, 1.54) is 11.8 Å². The molecule has 0 amide bonds. The fourth-order valence-corrected chi connectivity index (χ4v) is 5.66. The Morgan fingerprint density at radius 2 is 1.97 bits per heavy atom. The van der Waals surface area contributed by atoms with Gasteiger partial charge in [-0.05, 0) is 31.0 Å². The van der Waals surface area contributed by atoms with Gasteiger partial charge in [-0.2, -0.15) is 5.10 Å². The Bertz CT molecular complexity index is 1330. The molecule has 9 nitrogen and oxygen atoms in total. The third-order valence-corrected chi connectivity index (χ3v) is 8.34. The molecule has 3 fully saturated rings. The van der Waals surface area contributed by atoms with Crippen LogP contribution in [0, 0.1) is 0 Å². The van der Waals surface area contributed by atoms with Gasteiger partial charge in [0.2, 0.25) is 5.95 Å². The summed E-state index contributed by atoms with van der Waals surface area (Å²) in [5.41, 5.74) is 3.17. The van der Waals surface area contributed by atoms with Crippen LogP contribution in [0.5, 0.6) is 0 Å². The molecule has 37 heavy (non-hydrogen) atoms. The first-order chi connectivity index (χ1) is 17.7. The lowest BCUT2D eigenvalue weighted by Crippen LogP contribution is -2.60. The monoisotopic (exact) mass is 533 g/mol. The number of rotatable bonds is 6. The molecule has 0 spiro atoms. The Kier molecular flexibility index (Phi) is 6.02. The molecule has 0 bridgehead atoms. The van der Waals surface area contributed by atoms with E-state index in [1.54, 1.807) is 6.20 Å². The lowest BCUT2D eigenvalue weighted by molar-refractivity contribution is 0.00882. The van der Waals surface area contributed by atoms with Crippen LogP contribution in [-0.2, 0) is 11.2 Å². The molecule has 3 aliphatic rings. The van der Waals surface area contributed by atoms with E-state index in [-0.39, 0.29) is 17.1 Å². The second-order valence-corrected chi connectivity index (χ2v) is 10.7. The van der Waals surface area contributed by atoms with Crippen molar-refractivity contribution in [2.45, 2.75) is 50.3 Å². The minimum Gasteiger partial charge on any atom is -0.389 e. The van der Waals surface area contributed by atoms with Gasteiger partial charge in [0, 0.05) is 49.9 Å². The zero-order valence-corrected chi connectivity index (χ0v) is 21.5. The van der Waals surface area contributed by atoms with Gasteiger partial charge in [-0.3, -0.25) is 4.90 Å². The Labute approximate surface area is 218 Å². The fraction of sp³-hybridized carbons (Fsp3) is 0.560. The highest BCUT2D eigenvalue weighted by Crippen LogP contribution is 2.53. The molecule has 2 N–H and O–H groups in total. The van der Waals surface area contributed by atoms with Crippen molar-refractivity contribution in [3.8, 4) is 0 Å². The number of nitrogens with zero attached hydrogens (tertiary/aromatic N) is 6. The Morgan fingerprint density at radius 1 is 1.22 bits per heavy atom. The second-order valence-electron chi connectivity index (χ2n) is 10.3. The first-order valence-electron chi connectivity index (χ1n) is 12.6. The molecule has 3 unspecified atom stereocenters. The molecular weight excluding hydrogens is 504 g/mol. The van der Waals surface area contributed by atoms with Gasteiger partial charge >= 0.3 is 0 Å². The van der Waals surface area contributed by atoms with E-state index in [4.69, 9.17) is 16.3 Å². The second kappa shape index (κ2) is 9.00. The molecule has 3 aromatic rings. The van der Waals surface area contributed by atoms with Crippen molar-refractivity contribution in [2.24, 2.45) is 0 Å². The van der Waals surface area contributed by atoms with Crippen molar-refractivity contribution in [3.63, 3.8) is 0 Å². The molecule has 0 radical (unpaired) electrons. The van der Waals surface area contributed by atoms with Gasteiger partial charge < -0.3 is 20.1 Å². The van der Waals surface area contributed by atoms with Crippen LogP contribution in [0.2, 0.25) is 5.15 Å². The highest BCUT2D eigenvalue weighted by Gasteiger charge is 2.59. The van der Waals surface area contributed by atoms with Crippen LogP contribution >= 0.6 is 11.6 Å². The van der Waals surface area contributed by atoms with Crippen LogP contribution in [0.15, 0.2) is 24.5 Å². The molecule has 2 aliphatic heterocycles. The first kappa shape index (κ1) is 24.7. The summed E-state index contributed by atoms with van der Waals surface area (Å²) < 4.78 is 33.6. The third-order valence-electron chi connectivity index (χ3n) is 7.96. The van der Waals surface area contributed by atoms with Crippen LogP contribution in [0.3, 0.4) is 0 Å². The number of nitrogens with one attached hydrogen (secondary N) is 1. The lowest BCUT2D eigenvalue weighted by atomic mass is 9.95. The van der Waals surface area contributed by atoms with E-state index in [2.05, 4.69) is 56.2 Å². The summed E-state index contributed by atoms with van der Waals surface area (Å²) in [5, 5.41) is 18.5. The molecule has 2 saturated heterocycles. The van der Waals surface area contributed by atoms with Crippen molar-refractivity contribution in [1.82, 2.24) is 24.6 Å². The summed E-state index contributed by atoms with van der Waals surface area (Å²) in [6, 6.07) is 3.20. The Morgan fingerprint density at radius 3 is 2.62 bits per heavy atom. The standard InChI is InChI=1S/C25H30ClF2N7O2/c1-3-15-8-16-11-29-23(32-18-12-30-35(22(18)26)20-10-25(20,27)28)31-17(16)9-19(15)33-4-6-34(7-5-33)24(2)14-37-13-21(24)36/h8-9,11-12,20-21,36H,3-7,10,13-14H2,1-2H3,(H,29,31,32). The summed E-state index contributed by atoms with van der Waals surface area (Å²) in [7, 11) is 0. The number of aliphatic hydroxyl groups is 1. The van der Waals surface area contributed by atoms with Gasteiger partial charge in [0.25, 0.3) is 5.92 Å². The predicted octanol–water partition coefficient (Wildman–Crippen LogP) is 3.64. The third kappa shape index (κ3) is 4.31. The van der Waals surface area contributed by atoms with Gasteiger partial charge in [0.05, 0.1) is 42.3 Å². The molecule has 12 heteroatoms. The van der Waals surface area contributed by atoms with Crippen molar-refractivity contribution in [2.75, 3.05) is 49.6 Å². The number of alkyl halides is 2. The van der Waals surface area contributed by atoms with Crippen molar-refractivity contribution >= 4 is 39.8 Å². The zero-order valence-electron chi connectivity index (χ0n) is 20.8. The fourth-order valence-electron chi connectivity index (χ4n) is 5.40. The molecule has 6 rings (SSSR count). The largest absolute Gasteiger partial charge is 0.389 e. The summed E-state index contributed by atoms with van der Waals surface area (Å²) in [4.78, 5) is 13.8. The van der Waals surface area contributed by atoms with Crippen molar-refractivity contribution < 1.29 is 18.6 Å². The van der Waals surface area contributed by atoms with Crippen molar-refractivity contribution in [1.29, 1.82) is 0 Å². The maximum absolute atomic E-state index is 13.5. The SMILES string of the molecule is CCc1cc2cnc(Nc3cnn(C4CC4(F)F)c3Cl)nc2cc1N1CCN(C2(C)COCC2O)CC1. The Hall–Kier alpha value is -2.60. The van der Waals surface area contributed by atoms with E-state index < -0.39 is 18.1 Å². The van der Waals surface area contributed by atoms with Gasteiger partial charge in [0.1, 0.15) is 6.04 Å². The van der Waals surface area contributed by atoms with E-state index in [9.17, 15) is 13.9 Å². The molecule has 4 heterocycles. The highest BCUT2D eigenvalue weighted by atomic mass is 35.5. The van der Waals surface area contributed by atoms with Crippen LogP contribution in [0.25, 0.3) is 10.9 Å². The molecule has 3 atom stereocenters. The lowest BCUT2D eigenvalue weighted by Gasteiger charge is -2.45. The number of benzene rings is 1. The summed E-state index contributed by atoms with van der Waals surface area (Å²) >= 11 is 6.31. The number of aromatic nitrogens is 4. The van der Waals surface area contributed by atoms with E-state index in [0.29, 0.717) is 24.8 Å². The number of ether oxygens (including phenoxy) is 1. The summed E-state index contributed by atoms with van der Waals surface area (Å²) in [6.07, 6.45) is 3.31.